The van der Waals surface area contributed by atoms with Gasteiger partial charge >= 0.3 is 6.18 Å². The summed E-state index contributed by atoms with van der Waals surface area (Å²) in [4.78, 5) is 8.10. The fraction of sp³-hybridized carbons (Fsp3) is 0.400. The van der Waals surface area contributed by atoms with E-state index in [1.807, 2.05) is 6.07 Å². The SMILES string of the molecule is CN=C(NCCc1nc(-c2cccc(Cl)c2)no1)NCCC(F)(F)F. The number of rotatable bonds is 6. The molecular weight excluding hydrogens is 359 g/mol. The van der Waals surface area contributed by atoms with Crippen molar-refractivity contribution in [2.75, 3.05) is 20.1 Å². The minimum Gasteiger partial charge on any atom is -0.356 e. The molecule has 2 rings (SSSR count). The van der Waals surface area contributed by atoms with E-state index in [2.05, 4.69) is 25.8 Å². The first-order valence-corrected chi connectivity index (χ1v) is 7.85. The summed E-state index contributed by atoms with van der Waals surface area (Å²) in [6, 6.07) is 7.06. The zero-order valence-corrected chi connectivity index (χ0v) is 14.2. The molecule has 0 aliphatic heterocycles. The zero-order chi connectivity index (χ0) is 18.3. The maximum Gasteiger partial charge on any atom is 0.390 e. The monoisotopic (exact) mass is 375 g/mol. The Bertz CT molecular complexity index is 717. The molecule has 0 bridgehead atoms. The molecular formula is C15H17ClF3N5O. The molecule has 0 atom stereocenters. The van der Waals surface area contributed by atoms with Crippen molar-refractivity contribution in [3.63, 3.8) is 0 Å². The Kier molecular flexibility index (Phi) is 6.63. The van der Waals surface area contributed by atoms with Gasteiger partial charge < -0.3 is 15.2 Å². The van der Waals surface area contributed by atoms with Crippen molar-refractivity contribution in [3.05, 3.63) is 35.2 Å². The first-order valence-electron chi connectivity index (χ1n) is 7.47. The van der Waals surface area contributed by atoms with Crippen LogP contribution in [0.2, 0.25) is 5.02 Å². The van der Waals surface area contributed by atoms with Crippen LogP contribution in [-0.4, -0.2) is 42.4 Å². The Balaban J connectivity index is 1.80. The van der Waals surface area contributed by atoms with E-state index >= 15 is 0 Å². The van der Waals surface area contributed by atoms with E-state index in [-0.39, 0.29) is 12.5 Å². The van der Waals surface area contributed by atoms with Crippen molar-refractivity contribution in [3.8, 4) is 11.4 Å². The number of guanidine groups is 1. The van der Waals surface area contributed by atoms with E-state index in [9.17, 15) is 13.2 Å². The molecule has 0 fully saturated rings. The second-order valence-electron chi connectivity index (χ2n) is 5.06. The van der Waals surface area contributed by atoms with Crippen LogP contribution in [0.4, 0.5) is 13.2 Å². The highest BCUT2D eigenvalue weighted by molar-refractivity contribution is 6.30. The van der Waals surface area contributed by atoms with Gasteiger partial charge in [-0.05, 0) is 12.1 Å². The fourth-order valence-electron chi connectivity index (χ4n) is 1.93. The van der Waals surface area contributed by atoms with Crippen molar-refractivity contribution in [1.82, 2.24) is 20.8 Å². The van der Waals surface area contributed by atoms with Gasteiger partial charge in [-0.25, -0.2) is 0 Å². The predicted molar refractivity (Wildman–Crippen MR) is 88.5 cm³/mol. The van der Waals surface area contributed by atoms with E-state index in [1.54, 1.807) is 18.2 Å². The van der Waals surface area contributed by atoms with Crippen molar-refractivity contribution in [2.45, 2.75) is 19.0 Å². The molecule has 0 spiro atoms. The zero-order valence-electron chi connectivity index (χ0n) is 13.4. The summed E-state index contributed by atoms with van der Waals surface area (Å²) >= 11 is 5.92. The molecule has 6 nitrogen and oxygen atoms in total. The van der Waals surface area contributed by atoms with Crippen LogP contribution in [0.15, 0.2) is 33.8 Å². The molecule has 0 radical (unpaired) electrons. The number of aliphatic imine (C=N–C) groups is 1. The summed E-state index contributed by atoms with van der Waals surface area (Å²) in [6.45, 7) is 0.130. The van der Waals surface area contributed by atoms with Gasteiger partial charge in [-0.3, -0.25) is 4.99 Å². The molecule has 0 amide bonds. The molecule has 2 N–H and O–H groups in total. The van der Waals surface area contributed by atoms with Crippen LogP contribution in [0.25, 0.3) is 11.4 Å². The molecule has 1 heterocycles. The van der Waals surface area contributed by atoms with Gasteiger partial charge in [0.05, 0.1) is 6.42 Å². The maximum atomic E-state index is 12.1. The van der Waals surface area contributed by atoms with E-state index in [0.717, 1.165) is 5.56 Å². The lowest BCUT2D eigenvalue weighted by atomic mass is 10.2. The number of alkyl halides is 3. The molecule has 0 unspecified atom stereocenters. The standard InChI is InChI=1S/C15H17ClF3N5O/c1-20-14(22-8-6-15(17,18)19)21-7-5-12-23-13(24-25-12)10-3-2-4-11(16)9-10/h2-4,9H,5-8H2,1H3,(H2,20,21,22). The Labute approximate surface area is 147 Å². The summed E-state index contributed by atoms with van der Waals surface area (Å²) in [5.41, 5.74) is 0.736. The summed E-state index contributed by atoms with van der Waals surface area (Å²) in [5.74, 6) is 1.09. The third kappa shape index (κ3) is 6.61. The van der Waals surface area contributed by atoms with E-state index in [1.165, 1.54) is 7.05 Å². The van der Waals surface area contributed by atoms with E-state index < -0.39 is 12.6 Å². The van der Waals surface area contributed by atoms with Gasteiger partial charge in [-0.15, -0.1) is 0 Å². The number of nitrogens with zero attached hydrogens (tertiary/aromatic N) is 3. The highest BCUT2D eigenvalue weighted by Gasteiger charge is 2.26. The summed E-state index contributed by atoms with van der Waals surface area (Å²) in [5, 5.41) is 9.92. The number of nitrogens with one attached hydrogen (secondary N) is 2. The molecule has 10 heteroatoms. The summed E-state index contributed by atoms with van der Waals surface area (Å²) < 4.78 is 41.5. The minimum atomic E-state index is -4.20. The van der Waals surface area contributed by atoms with Crippen molar-refractivity contribution in [2.24, 2.45) is 4.99 Å². The van der Waals surface area contributed by atoms with Crippen molar-refractivity contribution < 1.29 is 17.7 Å². The van der Waals surface area contributed by atoms with Crippen molar-refractivity contribution in [1.29, 1.82) is 0 Å². The maximum absolute atomic E-state index is 12.1. The Hall–Kier alpha value is -2.29. The molecule has 25 heavy (non-hydrogen) atoms. The number of hydrogen-bond donors (Lipinski definition) is 2. The molecule has 0 saturated carbocycles. The van der Waals surface area contributed by atoms with Gasteiger partial charge in [0.15, 0.2) is 5.96 Å². The van der Waals surface area contributed by atoms with Gasteiger partial charge in [0.2, 0.25) is 11.7 Å². The fourth-order valence-corrected chi connectivity index (χ4v) is 2.12. The second-order valence-corrected chi connectivity index (χ2v) is 5.50. The van der Waals surface area contributed by atoms with Crippen LogP contribution in [0.3, 0.4) is 0 Å². The predicted octanol–water partition coefficient (Wildman–Crippen LogP) is 3.05. The normalized spacial score (nSPS) is 12.3. The molecule has 136 valence electrons. The molecule has 0 aliphatic carbocycles. The lowest BCUT2D eigenvalue weighted by Crippen LogP contribution is -2.39. The van der Waals surface area contributed by atoms with Crippen LogP contribution in [0.1, 0.15) is 12.3 Å². The second kappa shape index (κ2) is 8.70. The van der Waals surface area contributed by atoms with Crippen LogP contribution in [0.5, 0.6) is 0 Å². The van der Waals surface area contributed by atoms with Gasteiger partial charge in [-0.1, -0.05) is 28.9 Å². The van der Waals surface area contributed by atoms with E-state index in [4.69, 9.17) is 16.1 Å². The molecule has 1 aromatic heterocycles. The number of benzene rings is 1. The molecule has 2 aromatic rings. The first kappa shape index (κ1) is 19.0. The van der Waals surface area contributed by atoms with E-state index in [0.29, 0.717) is 29.7 Å². The van der Waals surface area contributed by atoms with Gasteiger partial charge in [0, 0.05) is 37.1 Å². The topological polar surface area (TPSA) is 75.3 Å². The number of hydrogen-bond acceptors (Lipinski definition) is 4. The largest absolute Gasteiger partial charge is 0.390 e. The average molecular weight is 376 g/mol. The van der Waals surface area contributed by atoms with Gasteiger partial charge in [-0.2, -0.15) is 18.2 Å². The lowest BCUT2D eigenvalue weighted by molar-refractivity contribution is -0.132. The minimum absolute atomic E-state index is 0.247. The van der Waals surface area contributed by atoms with Crippen LogP contribution in [-0.2, 0) is 6.42 Å². The molecule has 0 aliphatic rings. The average Bonchev–Trinajstić information content (AvgIpc) is 3.01. The first-order chi connectivity index (χ1) is 11.9. The summed E-state index contributed by atoms with van der Waals surface area (Å²) in [6.07, 6.45) is -4.74. The van der Waals surface area contributed by atoms with Crippen LogP contribution in [0, 0.1) is 0 Å². The molecule has 0 saturated heterocycles. The van der Waals surface area contributed by atoms with Gasteiger partial charge in [0.25, 0.3) is 0 Å². The van der Waals surface area contributed by atoms with Gasteiger partial charge in [0.1, 0.15) is 0 Å². The Morgan fingerprint density at radius 2 is 2.04 bits per heavy atom. The third-order valence-electron chi connectivity index (χ3n) is 3.11. The quantitative estimate of drug-likeness (QED) is 0.599. The van der Waals surface area contributed by atoms with Crippen LogP contribution < -0.4 is 10.6 Å². The number of halogens is 4. The smallest absolute Gasteiger partial charge is 0.356 e. The molecule has 1 aromatic carbocycles. The van der Waals surface area contributed by atoms with Crippen molar-refractivity contribution >= 4 is 17.6 Å². The highest BCUT2D eigenvalue weighted by Crippen LogP contribution is 2.20. The third-order valence-corrected chi connectivity index (χ3v) is 3.34. The number of aromatic nitrogens is 2. The highest BCUT2D eigenvalue weighted by atomic mass is 35.5. The lowest BCUT2D eigenvalue weighted by Gasteiger charge is -2.12. The Morgan fingerprint density at radius 3 is 2.72 bits per heavy atom. The Morgan fingerprint density at radius 1 is 1.28 bits per heavy atom. The van der Waals surface area contributed by atoms with Crippen LogP contribution >= 0.6 is 11.6 Å². The summed E-state index contributed by atoms with van der Waals surface area (Å²) in [7, 11) is 1.48.